The van der Waals surface area contributed by atoms with Crippen LogP contribution in [0.15, 0.2) is 30.5 Å². The Hall–Kier alpha value is -3.10. The molecule has 0 bridgehead atoms. The molecule has 1 aromatic heterocycles. The molecule has 0 aliphatic carbocycles. The summed E-state index contributed by atoms with van der Waals surface area (Å²) < 4.78 is 32.0. The predicted molar refractivity (Wildman–Crippen MR) is 64.3 cm³/mol. The number of hydrogen-bond donors (Lipinski definition) is 1. The largest absolute Gasteiger partial charge is 0.478 e. The summed E-state index contributed by atoms with van der Waals surface area (Å²) in [7, 11) is 0. The first-order valence-electron chi connectivity index (χ1n) is 5.39. The van der Waals surface area contributed by atoms with Gasteiger partial charge in [0.15, 0.2) is 11.6 Å². The highest BCUT2D eigenvalue weighted by atomic mass is 19.2. The van der Waals surface area contributed by atoms with Crippen molar-refractivity contribution in [1.82, 2.24) is 4.98 Å². The standard InChI is InChI=1S/C12H6F2N2O5/c13-10-7(12(17)18)2-3-8(11(10)14)21-9-4-1-6(5-15-9)16(19)20/h1-5H,(H,17,18). The van der Waals surface area contributed by atoms with Crippen LogP contribution in [0.25, 0.3) is 0 Å². The zero-order valence-corrected chi connectivity index (χ0v) is 10.1. The number of nitro groups is 1. The number of ether oxygens (including phenoxy) is 1. The van der Waals surface area contributed by atoms with Crippen molar-refractivity contribution in [3.05, 3.63) is 57.8 Å². The van der Waals surface area contributed by atoms with Crippen LogP contribution >= 0.6 is 0 Å². The zero-order valence-electron chi connectivity index (χ0n) is 10.1. The Bertz CT molecular complexity index is 718. The van der Waals surface area contributed by atoms with Gasteiger partial charge in [0, 0.05) is 12.1 Å². The third-order valence-electron chi connectivity index (χ3n) is 2.42. The summed E-state index contributed by atoms with van der Waals surface area (Å²) in [6.45, 7) is 0. The molecule has 0 saturated carbocycles. The molecular formula is C12H6F2N2O5. The zero-order chi connectivity index (χ0) is 15.6. The van der Waals surface area contributed by atoms with E-state index < -0.39 is 33.8 Å². The van der Waals surface area contributed by atoms with E-state index >= 15 is 0 Å². The maximum absolute atomic E-state index is 13.6. The molecule has 0 atom stereocenters. The molecule has 2 aromatic rings. The maximum Gasteiger partial charge on any atom is 0.338 e. The summed E-state index contributed by atoms with van der Waals surface area (Å²) in [6.07, 6.45) is 0.884. The van der Waals surface area contributed by atoms with Crippen LogP contribution in [0.3, 0.4) is 0 Å². The van der Waals surface area contributed by atoms with Crippen LogP contribution in [-0.4, -0.2) is 21.0 Å². The van der Waals surface area contributed by atoms with Crippen molar-refractivity contribution < 1.29 is 28.3 Å². The van der Waals surface area contributed by atoms with Gasteiger partial charge in [-0.3, -0.25) is 10.1 Å². The third kappa shape index (κ3) is 2.91. The lowest BCUT2D eigenvalue weighted by Gasteiger charge is -2.07. The van der Waals surface area contributed by atoms with E-state index in [0.717, 1.165) is 30.5 Å². The molecule has 0 unspecified atom stereocenters. The number of carbonyl (C=O) groups is 1. The minimum Gasteiger partial charge on any atom is -0.478 e. The van der Waals surface area contributed by atoms with Crippen molar-refractivity contribution in [2.24, 2.45) is 0 Å². The fourth-order valence-corrected chi connectivity index (χ4v) is 1.43. The molecule has 0 amide bonds. The third-order valence-corrected chi connectivity index (χ3v) is 2.42. The van der Waals surface area contributed by atoms with Crippen LogP contribution in [0.1, 0.15) is 10.4 Å². The number of carboxylic acid groups (broad SMARTS) is 1. The summed E-state index contributed by atoms with van der Waals surface area (Å²) >= 11 is 0. The number of halogens is 2. The first-order chi connectivity index (χ1) is 9.90. The molecular weight excluding hydrogens is 290 g/mol. The van der Waals surface area contributed by atoms with Crippen molar-refractivity contribution in [3.8, 4) is 11.6 Å². The molecule has 0 radical (unpaired) electrons. The molecule has 7 nitrogen and oxygen atoms in total. The van der Waals surface area contributed by atoms with Gasteiger partial charge >= 0.3 is 5.97 Å². The molecule has 0 aliphatic heterocycles. The molecule has 0 saturated heterocycles. The van der Waals surface area contributed by atoms with Crippen molar-refractivity contribution in [2.75, 3.05) is 0 Å². The fourth-order valence-electron chi connectivity index (χ4n) is 1.43. The molecule has 0 aliphatic rings. The Morgan fingerprint density at radius 1 is 1.24 bits per heavy atom. The van der Waals surface area contributed by atoms with Gasteiger partial charge in [-0.25, -0.2) is 14.2 Å². The molecule has 21 heavy (non-hydrogen) atoms. The summed E-state index contributed by atoms with van der Waals surface area (Å²) in [5, 5.41) is 19.1. The fraction of sp³-hybridized carbons (Fsp3) is 0. The van der Waals surface area contributed by atoms with Gasteiger partial charge in [0.1, 0.15) is 6.20 Å². The average molecular weight is 296 g/mol. The average Bonchev–Trinajstić information content (AvgIpc) is 2.44. The molecule has 1 aromatic carbocycles. The lowest BCUT2D eigenvalue weighted by molar-refractivity contribution is -0.385. The second-order valence-electron chi connectivity index (χ2n) is 3.76. The molecule has 9 heteroatoms. The van der Waals surface area contributed by atoms with Crippen LogP contribution in [0.4, 0.5) is 14.5 Å². The number of carboxylic acids is 1. The van der Waals surface area contributed by atoms with Gasteiger partial charge in [0.05, 0.1) is 10.5 Å². The van der Waals surface area contributed by atoms with Crippen LogP contribution in [0, 0.1) is 21.7 Å². The lowest BCUT2D eigenvalue weighted by Crippen LogP contribution is -2.04. The second-order valence-corrected chi connectivity index (χ2v) is 3.76. The summed E-state index contributed by atoms with van der Waals surface area (Å²) in [6, 6.07) is 3.93. The van der Waals surface area contributed by atoms with Gasteiger partial charge in [-0.15, -0.1) is 0 Å². The van der Waals surface area contributed by atoms with Gasteiger partial charge in [-0.1, -0.05) is 0 Å². The minimum atomic E-state index is -1.62. The highest BCUT2D eigenvalue weighted by molar-refractivity contribution is 5.88. The number of benzene rings is 1. The van der Waals surface area contributed by atoms with Crippen LogP contribution < -0.4 is 4.74 Å². The number of rotatable bonds is 4. The van der Waals surface area contributed by atoms with E-state index in [2.05, 4.69) is 4.98 Å². The van der Waals surface area contributed by atoms with E-state index in [9.17, 15) is 23.7 Å². The molecule has 108 valence electrons. The summed E-state index contributed by atoms with van der Waals surface area (Å²) in [4.78, 5) is 23.9. The Morgan fingerprint density at radius 2 is 1.95 bits per heavy atom. The quantitative estimate of drug-likeness (QED) is 0.687. The molecule has 2 rings (SSSR count). The van der Waals surface area contributed by atoms with Gasteiger partial charge in [0.2, 0.25) is 11.7 Å². The number of aromatic carboxylic acids is 1. The predicted octanol–water partition coefficient (Wildman–Crippen LogP) is 2.76. The highest BCUT2D eigenvalue weighted by Gasteiger charge is 2.19. The summed E-state index contributed by atoms with van der Waals surface area (Å²) in [5.41, 5.74) is -1.13. The number of nitrogens with zero attached hydrogens (tertiary/aromatic N) is 2. The first kappa shape index (κ1) is 14.3. The second kappa shape index (κ2) is 5.49. The van der Waals surface area contributed by atoms with Gasteiger partial charge in [-0.2, -0.15) is 4.39 Å². The SMILES string of the molecule is O=C(O)c1ccc(Oc2ccc([N+](=O)[O-])cn2)c(F)c1F. The highest BCUT2D eigenvalue weighted by Crippen LogP contribution is 2.27. The number of pyridine rings is 1. The van der Waals surface area contributed by atoms with Crippen molar-refractivity contribution in [1.29, 1.82) is 0 Å². The Morgan fingerprint density at radius 3 is 2.48 bits per heavy atom. The van der Waals surface area contributed by atoms with Crippen LogP contribution in [-0.2, 0) is 0 Å². The van der Waals surface area contributed by atoms with Crippen molar-refractivity contribution in [2.45, 2.75) is 0 Å². The Kier molecular flexibility index (Phi) is 3.74. The lowest BCUT2D eigenvalue weighted by atomic mass is 10.2. The normalized spacial score (nSPS) is 10.2. The first-order valence-corrected chi connectivity index (χ1v) is 5.39. The molecule has 1 N–H and O–H groups in total. The van der Waals surface area contributed by atoms with Gasteiger partial charge < -0.3 is 9.84 Å². The molecule has 0 fully saturated rings. The van der Waals surface area contributed by atoms with Crippen molar-refractivity contribution >= 4 is 11.7 Å². The Balaban J connectivity index is 2.29. The molecule has 1 heterocycles. The van der Waals surface area contributed by atoms with E-state index in [-0.39, 0.29) is 11.6 Å². The number of hydrogen-bond acceptors (Lipinski definition) is 5. The van der Waals surface area contributed by atoms with E-state index in [1.54, 1.807) is 0 Å². The van der Waals surface area contributed by atoms with Crippen LogP contribution in [0.2, 0.25) is 0 Å². The molecule has 0 spiro atoms. The van der Waals surface area contributed by atoms with Crippen molar-refractivity contribution in [3.63, 3.8) is 0 Å². The van der Waals surface area contributed by atoms with Gasteiger partial charge in [-0.05, 0) is 12.1 Å². The van der Waals surface area contributed by atoms with E-state index in [4.69, 9.17) is 9.84 Å². The summed E-state index contributed by atoms with van der Waals surface area (Å²) in [5.74, 6) is -5.47. The van der Waals surface area contributed by atoms with E-state index in [1.807, 2.05) is 0 Å². The van der Waals surface area contributed by atoms with E-state index in [0.29, 0.717) is 0 Å². The monoisotopic (exact) mass is 296 g/mol. The van der Waals surface area contributed by atoms with Gasteiger partial charge in [0.25, 0.3) is 5.69 Å². The topological polar surface area (TPSA) is 103 Å². The minimum absolute atomic E-state index is 0.207. The Labute approximate surface area is 115 Å². The smallest absolute Gasteiger partial charge is 0.338 e. The maximum atomic E-state index is 13.6. The van der Waals surface area contributed by atoms with E-state index in [1.165, 1.54) is 0 Å². The van der Waals surface area contributed by atoms with Crippen LogP contribution in [0.5, 0.6) is 11.6 Å². The number of aromatic nitrogens is 1.